The van der Waals surface area contributed by atoms with E-state index in [1.165, 1.54) is 6.33 Å². The summed E-state index contributed by atoms with van der Waals surface area (Å²) in [5.41, 5.74) is 6.45. The molecule has 1 amide bonds. The summed E-state index contributed by atoms with van der Waals surface area (Å²) in [5, 5.41) is 20.1. The van der Waals surface area contributed by atoms with Crippen molar-refractivity contribution in [3.05, 3.63) is 131 Å². The number of carbonyl (C=O) groups is 1. The van der Waals surface area contributed by atoms with Gasteiger partial charge in [-0.3, -0.25) is 14.9 Å². The Kier molecular flexibility index (Phi) is 9.43. The second-order valence-electron chi connectivity index (χ2n) is 10.7. The zero-order chi connectivity index (χ0) is 30.3. The highest BCUT2D eigenvalue weighted by molar-refractivity contribution is 7.99. The van der Waals surface area contributed by atoms with Crippen LogP contribution in [0.3, 0.4) is 0 Å². The summed E-state index contributed by atoms with van der Waals surface area (Å²) in [6.07, 6.45) is 3.84. The van der Waals surface area contributed by atoms with E-state index in [0.29, 0.717) is 17.9 Å². The Morgan fingerprint density at radius 2 is 1.77 bits per heavy atom. The number of aromatic nitrogens is 4. The lowest BCUT2D eigenvalue weighted by Crippen LogP contribution is -2.38. The number of aliphatic hydroxyl groups excluding tert-OH is 1. The fourth-order valence-corrected chi connectivity index (χ4v) is 6.15. The van der Waals surface area contributed by atoms with Gasteiger partial charge in [-0.05, 0) is 46.0 Å². The number of hydrogen-bond acceptors (Lipinski definition) is 8. The number of carbonyl (C=O) groups excluding carboxylic acids is 1. The number of H-pyrrole nitrogens is 1. The summed E-state index contributed by atoms with van der Waals surface area (Å²) in [5.74, 6) is 0.598. The smallest absolute Gasteiger partial charge is 0.253 e. The van der Waals surface area contributed by atoms with Crippen LogP contribution in [0.1, 0.15) is 51.9 Å². The van der Waals surface area contributed by atoms with Crippen molar-refractivity contribution in [1.82, 2.24) is 25.5 Å². The minimum absolute atomic E-state index is 0.00116. The Bertz CT molecular complexity index is 1650. The highest BCUT2D eigenvalue weighted by atomic mass is 32.2. The van der Waals surface area contributed by atoms with Crippen molar-refractivity contribution in [3.63, 3.8) is 0 Å². The van der Waals surface area contributed by atoms with Crippen molar-refractivity contribution in [1.29, 1.82) is 0 Å². The van der Waals surface area contributed by atoms with Crippen LogP contribution in [-0.4, -0.2) is 43.0 Å². The Labute approximate surface area is 260 Å². The van der Waals surface area contributed by atoms with Gasteiger partial charge < -0.3 is 19.9 Å². The number of nitrogens with zero attached hydrogens (tertiary/aromatic N) is 3. The number of aliphatic hydroxyl groups is 1. The maximum Gasteiger partial charge on any atom is 0.253 e. The zero-order valence-electron chi connectivity index (χ0n) is 24.2. The lowest BCUT2D eigenvalue weighted by atomic mass is 9.91. The molecule has 0 aliphatic carbocycles. The first-order valence-corrected chi connectivity index (χ1v) is 15.4. The third-order valence-corrected chi connectivity index (χ3v) is 8.69. The quantitative estimate of drug-likeness (QED) is 0.169. The number of hydrogen-bond donors (Lipinski definition) is 3. The number of rotatable bonds is 10. The summed E-state index contributed by atoms with van der Waals surface area (Å²) in [4.78, 5) is 20.7. The summed E-state index contributed by atoms with van der Waals surface area (Å²) in [6, 6.07) is 27.7. The van der Waals surface area contributed by atoms with E-state index in [9.17, 15) is 9.90 Å². The predicted molar refractivity (Wildman–Crippen MR) is 167 cm³/mol. The van der Waals surface area contributed by atoms with Crippen molar-refractivity contribution in [2.45, 2.75) is 43.7 Å². The highest BCUT2D eigenvalue weighted by Gasteiger charge is 2.38. The van der Waals surface area contributed by atoms with Crippen molar-refractivity contribution < 1.29 is 19.4 Å². The average molecular weight is 608 g/mol. The van der Waals surface area contributed by atoms with Crippen molar-refractivity contribution in [2.24, 2.45) is 5.92 Å². The van der Waals surface area contributed by atoms with Crippen LogP contribution in [0.4, 0.5) is 0 Å². The Morgan fingerprint density at radius 3 is 2.50 bits per heavy atom. The molecule has 0 radical (unpaired) electrons. The molecule has 5 aromatic rings. The topological polar surface area (TPSA) is 122 Å². The van der Waals surface area contributed by atoms with Crippen LogP contribution in [-0.2, 0) is 22.6 Å². The van der Waals surface area contributed by atoms with Gasteiger partial charge in [0, 0.05) is 36.2 Å². The van der Waals surface area contributed by atoms with E-state index >= 15 is 0 Å². The standard InChI is InChI=1S/C34H33N5O4S/c1-22-30(20-44-34-37-21-38-39-34)42-33(43-31(22)26-9-7-23(19-40)8-10-26)27-13-11-25(12-14-27)28-5-2-4-24(16-28)17-36-32(41)29-6-3-15-35-18-29/h2-16,18,21-22,30-31,33,40H,17,19-20H2,1H3,(H,36,41)(H,37,38,39)/t22-,30+,31+,33+/m0/s1. The van der Waals surface area contributed by atoms with Gasteiger partial charge in [-0.1, -0.05) is 85.4 Å². The van der Waals surface area contributed by atoms with Gasteiger partial charge in [-0.15, -0.1) is 0 Å². The molecule has 3 heterocycles. The second-order valence-corrected chi connectivity index (χ2v) is 11.7. The molecule has 224 valence electrons. The first-order valence-electron chi connectivity index (χ1n) is 14.4. The number of thioether (sulfide) groups is 1. The third kappa shape index (κ3) is 7.06. The van der Waals surface area contributed by atoms with E-state index < -0.39 is 6.29 Å². The lowest BCUT2D eigenvalue weighted by molar-refractivity contribution is -0.268. The molecular formula is C34H33N5O4S. The molecule has 3 aromatic carbocycles. The third-order valence-electron chi connectivity index (χ3n) is 7.72. The molecule has 6 rings (SSSR count). The molecule has 4 atom stereocenters. The van der Waals surface area contributed by atoms with Gasteiger partial charge in [-0.25, -0.2) is 4.98 Å². The minimum Gasteiger partial charge on any atom is -0.392 e. The molecule has 0 bridgehead atoms. The SMILES string of the molecule is C[C@H]1[C@@H](CSc2ncn[nH]2)O[C@@H](c2ccc(-c3cccc(CNC(=O)c4cccnc4)c3)cc2)O[C@H]1c1ccc(CO)cc1. The first kappa shape index (κ1) is 29.7. The molecule has 0 unspecified atom stereocenters. The summed E-state index contributed by atoms with van der Waals surface area (Å²) in [6.45, 7) is 2.55. The Balaban J connectivity index is 1.17. The minimum atomic E-state index is -0.558. The van der Waals surface area contributed by atoms with Gasteiger partial charge in [-0.2, -0.15) is 5.10 Å². The molecule has 1 aliphatic rings. The fraction of sp³-hybridized carbons (Fsp3) is 0.235. The van der Waals surface area contributed by atoms with Crippen LogP contribution in [0.2, 0.25) is 0 Å². The molecule has 1 aliphatic heterocycles. The molecule has 10 heteroatoms. The van der Waals surface area contributed by atoms with Gasteiger partial charge in [0.05, 0.1) is 24.4 Å². The van der Waals surface area contributed by atoms with Crippen LogP contribution in [0, 0.1) is 5.92 Å². The largest absolute Gasteiger partial charge is 0.392 e. The summed E-state index contributed by atoms with van der Waals surface area (Å²) in [7, 11) is 0. The maximum absolute atomic E-state index is 12.5. The number of benzene rings is 3. The van der Waals surface area contributed by atoms with E-state index in [-0.39, 0.29) is 30.6 Å². The number of ether oxygens (including phenoxy) is 2. The van der Waals surface area contributed by atoms with E-state index in [0.717, 1.165) is 38.5 Å². The van der Waals surface area contributed by atoms with E-state index in [4.69, 9.17) is 9.47 Å². The number of amides is 1. The predicted octanol–water partition coefficient (Wildman–Crippen LogP) is 5.87. The van der Waals surface area contributed by atoms with Gasteiger partial charge in [0.25, 0.3) is 5.91 Å². The fourth-order valence-electron chi connectivity index (χ4n) is 5.21. The monoisotopic (exact) mass is 607 g/mol. The molecular weight excluding hydrogens is 574 g/mol. The molecule has 0 saturated carbocycles. The van der Waals surface area contributed by atoms with Crippen molar-refractivity contribution in [3.8, 4) is 11.1 Å². The van der Waals surface area contributed by atoms with Gasteiger partial charge in [0.15, 0.2) is 11.4 Å². The van der Waals surface area contributed by atoms with Gasteiger partial charge >= 0.3 is 0 Å². The molecule has 0 spiro atoms. The van der Waals surface area contributed by atoms with Crippen LogP contribution < -0.4 is 5.32 Å². The average Bonchev–Trinajstić information content (AvgIpc) is 3.61. The Morgan fingerprint density at radius 1 is 0.955 bits per heavy atom. The van der Waals surface area contributed by atoms with E-state index in [1.54, 1.807) is 36.3 Å². The number of aromatic amines is 1. The summed E-state index contributed by atoms with van der Waals surface area (Å²) >= 11 is 1.57. The maximum atomic E-state index is 12.5. The van der Waals surface area contributed by atoms with Gasteiger partial charge in [0.1, 0.15) is 6.33 Å². The summed E-state index contributed by atoms with van der Waals surface area (Å²) < 4.78 is 13.1. The van der Waals surface area contributed by atoms with Crippen molar-refractivity contribution in [2.75, 3.05) is 5.75 Å². The van der Waals surface area contributed by atoms with Crippen LogP contribution in [0.15, 0.2) is 109 Å². The molecule has 44 heavy (non-hydrogen) atoms. The normalized spacial score (nSPS) is 19.9. The van der Waals surface area contributed by atoms with E-state index in [2.05, 4.69) is 56.7 Å². The van der Waals surface area contributed by atoms with Crippen LogP contribution in [0.5, 0.6) is 0 Å². The first-order chi connectivity index (χ1) is 21.6. The molecule has 2 aromatic heterocycles. The van der Waals surface area contributed by atoms with Gasteiger partial charge in [0.2, 0.25) is 0 Å². The van der Waals surface area contributed by atoms with Crippen LogP contribution >= 0.6 is 11.8 Å². The lowest BCUT2D eigenvalue weighted by Gasteiger charge is -2.41. The Hall–Kier alpha value is -4.35. The molecule has 1 fully saturated rings. The number of pyridine rings is 1. The second kappa shape index (κ2) is 14.0. The van der Waals surface area contributed by atoms with E-state index in [1.807, 2.05) is 48.5 Å². The number of nitrogens with one attached hydrogen (secondary N) is 2. The molecule has 1 saturated heterocycles. The molecule has 3 N–H and O–H groups in total. The zero-order valence-corrected chi connectivity index (χ0v) is 25.0. The highest BCUT2D eigenvalue weighted by Crippen LogP contribution is 2.43. The molecule has 9 nitrogen and oxygen atoms in total. The van der Waals surface area contributed by atoms with Crippen molar-refractivity contribution >= 4 is 17.7 Å². The van der Waals surface area contributed by atoms with Crippen LogP contribution in [0.25, 0.3) is 11.1 Å².